The van der Waals surface area contributed by atoms with Gasteiger partial charge in [0.05, 0.1) is 25.0 Å². The van der Waals surface area contributed by atoms with Crippen molar-refractivity contribution in [2.24, 2.45) is 0 Å². The summed E-state index contributed by atoms with van der Waals surface area (Å²) in [5.74, 6) is -0.298. The molecule has 2 amide bonds. The largest absolute Gasteiger partial charge is 0.472 e. The van der Waals surface area contributed by atoms with Gasteiger partial charge in [-0.05, 0) is 6.07 Å². The first-order valence-electron chi connectivity index (χ1n) is 4.73. The Morgan fingerprint density at radius 2 is 2.40 bits per heavy atom. The Balaban J connectivity index is 1.91. The van der Waals surface area contributed by atoms with Crippen LogP contribution in [0.25, 0.3) is 0 Å². The lowest BCUT2D eigenvalue weighted by Gasteiger charge is -2.09. The van der Waals surface area contributed by atoms with E-state index in [0.29, 0.717) is 6.54 Å². The van der Waals surface area contributed by atoms with E-state index in [1.54, 1.807) is 12.5 Å². The molecule has 80 valence electrons. The minimum absolute atomic E-state index is 0.135. The number of nitrogens with zero attached hydrogens (tertiary/aromatic N) is 1. The van der Waals surface area contributed by atoms with E-state index in [4.69, 9.17) is 4.42 Å². The van der Waals surface area contributed by atoms with Crippen LogP contribution in [-0.2, 0) is 16.1 Å². The van der Waals surface area contributed by atoms with E-state index in [-0.39, 0.29) is 18.2 Å². The lowest BCUT2D eigenvalue weighted by Crippen LogP contribution is -2.36. The number of furan rings is 1. The van der Waals surface area contributed by atoms with E-state index in [2.05, 4.69) is 5.32 Å². The van der Waals surface area contributed by atoms with Crippen molar-refractivity contribution in [3.05, 3.63) is 24.2 Å². The van der Waals surface area contributed by atoms with Gasteiger partial charge >= 0.3 is 0 Å². The second kappa shape index (κ2) is 3.86. The number of carbonyl (C=O) groups excluding carboxylic acids is 2. The van der Waals surface area contributed by atoms with Crippen LogP contribution in [0.2, 0.25) is 0 Å². The van der Waals surface area contributed by atoms with Crippen LogP contribution in [-0.4, -0.2) is 29.8 Å². The molecule has 15 heavy (non-hydrogen) atoms. The Labute approximate surface area is 87.0 Å². The zero-order chi connectivity index (χ0) is 10.8. The summed E-state index contributed by atoms with van der Waals surface area (Å²) < 4.78 is 4.90. The average molecular weight is 208 g/mol. The van der Waals surface area contributed by atoms with E-state index >= 15 is 0 Å². The molecule has 0 aromatic carbocycles. The van der Waals surface area contributed by atoms with Gasteiger partial charge in [0.25, 0.3) is 0 Å². The van der Waals surface area contributed by atoms with Crippen molar-refractivity contribution in [2.75, 3.05) is 7.05 Å². The third-order valence-corrected chi connectivity index (χ3v) is 2.51. The van der Waals surface area contributed by atoms with Gasteiger partial charge in [0.2, 0.25) is 11.8 Å². The summed E-state index contributed by atoms with van der Waals surface area (Å²) in [4.78, 5) is 23.9. The summed E-state index contributed by atoms with van der Waals surface area (Å²) in [6.45, 7) is 0.536. The Hall–Kier alpha value is -1.62. The molecule has 5 heteroatoms. The number of likely N-dealkylation sites (tertiary alicyclic amines) is 1. The first-order chi connectivity index (χ1) is 7.18. The summed E-state index contributed by atoms with van der Waals surface area (Å²) >= 11 is 0. The lowest BCUT2D eigenvalue weighted by atomic mass is 10.2. The van der Waals surface area contributed by atoms with Gasteiger partial charge in [0.1, 0.15) is 0 Å². The molecule has 1 fully saturated rings. The van der Waals surface area contributed by atoms with Gasteiger partial charge in [-0.2, -0.15) is 0 Å². The molecule has 1 aromatic heterocycles. The van der Waals surface area contributed by atoms with Crippen molar-refractivity contribution in [3.8, 4) is 0 Å². The zero-order valence-corrected chi connectivity index (χ0v) is 8.40. The van der Waals surface area contributed by atoms with Crippen molar-refractivity contribution in [3.63, 3.8) is 0 Å². The van der Waals surface area contributed by atoms with E-state index in [0.717, 1.165) is 10.5 Å². The number of hydrogen-bond donors (Lipinski definition) is 1. The number of hydrogen-bond acceptors (Lipinski definition) is 4. The van der Waals surface area contributed by atoms with Crippen LogP contribution >= 0.6 is 0 Å². The van der Waals surface area contributed by atoms with Gasteiger partial charge in [0.15, 0.2) is 0 Å². The van der Waals surface area contributed by atoms with E-state index in [1.807, 2.05) is 6.07 Å². The van der Waals surface area contributed by atoms with Crippen molar-refractivity contribution >= 4 is 11.8 Å². The number of imide groups is 1. The normalized spacial score (nSPS) is 21.4. The number of nitrogens with one attached hydrogen (secondary N) is 1. The smallest absolute Gasteiger partial charge is 0.246 e. The molecule has 1 aromatic rings. The summed E-state index contributed by atoms with van der Waals surface area (Å²) in [6.07, 6.45) is 3.43. The maximum absolute atomic E-state index is 11.5. The second-order valence-corrected chi connectivity index (χ2v) is 3.56. The quantitative estimate of drug-likeness (QED) is 0.717. The van der Waals surface area contributed by atoms with Crippen molar-refractivity contribution < 1.29 is 14.0 Å². The molecule has 1 N–H and O–H groups in total. The van der Waals surface area contributed by atoms with Crippen LogP contribution in [0.5, 0.6) is 0 Å². The first-order valence-corrected chi connectivity index (χ1v) is 4.73. The van der Waals surface area contributed by atoms with Crippen LogP contribution in [0, 0.1) is 0 Å². The van der Waals surface area contributed by atoms with Crippen molar-refractivity contribution in [2.45, 2.75) is 19.0 Å². The maximum atomic E-state index is 11.5. The number of likely N-dealkylation sites (N-methyl/N-ethyl adjacent to an activating group) is 1. The predicted molar refractivity (Wildman–Crippen MR) is 51.7 cm³/mol. The summed E-state index contributed by atoms with van der Waals surface area (Å²) in [5, 5.41) is 3.02. The molecule has 1 aliphatic heterocycles. The fourth-order valence-electron chi connectivity index (χ4n) is 1.55. The van der Waals surface area contributed by atoms with Gasteiger partial charge in [-0.25, -0.2) is 0 Å². The van der Waals surface area contributed by atoms with Gasteiger partial charge < -0.3 is 9.73 Å². The van der Waals surface area contributed by atoms with Crippen LogP contribution in [0.3, 0.4) is 0 Å². The molecule has 1 unspecified atom stereocenters. The fraction of sp³-hybridized carbons (Fsp3) is 0.400. The Morgan fingerprint density at radius 1 is 1.60 bits per heavy atom. The first kappa shape index (κ1) is 9.92. The third kappa shape index (κ3) is 1.92. The molecule has 2 heterocycles. The standard InChI is InChI=1S/C10H12N2O3/c1-12-9(13)4-8(10(12)14)11-5-7-2-3-15-6-7/h2-3,6,8,11H,4-5H2,1H3. The SMILES string of the molecule is CN1C(=O)CC(NCc2ccoc2)C1=O. The number of amides is 2. The average Bonchev–Trinajstić information content (AvgIpc) is 2.80. The minimum atomic E-state index is -0.391. The molecule has 0 saturated carbocycles. The summed E-state index contributed by atoms with van der Waals surface area (Å²) in [7, 11) is 1.50. The Bertz CT molecular complexity index is 372. The monoisotopic (exact) mass is 208 g/mol. The molecule has 1 atom stereocenters. The zero-order valence-electron chi connectivity index (χ0n) is 8.40. The second-order valence-electron chi connectivity index (χ2n) is 3.56. The predicted octanol–water partition coefficient (Wildman–Crippen LogP) is 0.126. The van der Waals surface area contributed by atoms with Crippen LogP contribution in [0.1, 0.15) is 12.0 Å². The summed E-state index contributed by atoms with van der Waals surface area (Å²) in [6, 6.07) is 1.43. The molecule has 0 spiro atoms. The molecule has 2 rings (SSSR count). The Morgan fingerprint density at radius 3 is 2.93 bits per heavy atom. The van der Waals surface area contributed by atoms with Crippen LogP contribution in [0.4, 0.5) is 0 Å². The van der Waals surface area contributed by atoms with E-state index < -0.39 is 6.04 Å². The molecular formula is C10H12N2O3. The molecule has 0 radical (unpaired) electrons. The lowest BCUT2D eigenvalue weighted by molar-refractivity contribution is -0.137. The highest BCUT2D eigenvalue weighted by Crippen LogP contribution is 2.11. The summed E-state index contributed by atoms with van der Waals surface area (Å²) in [5.41, 5.74) is 0.963. The molecule has 0 bridgehead atoms. The number of carbonyl (C=O) groups is 2. The van der Waals surface area contributed by atoms with Gasteiger partial charge in [-0.15, -0.1) is 0 Å². The van der Waals surface area contributed by atoms with Gasteiger partial charge in [-0.1, -0.05) is 0 Å². The molecule has 0 aliphatic carbocycles. The highest BCUT2D eigenvalue weighted by atomic mass is 16.3. The highest BCUT2D eigenvalue weighted by molar-refractivity contribution is 6.05. The van der Waals surface area contributed by atoms with Gasteiger partial charge in [-0.3, -0.25) is 14.5 Å². The molecule has 1 saturated heterocycles. The highest BCUT2D eigenvalue weighted by Gasteiger charge is 2.35. The maximum Gasteiger partial charge on any atom is 0.246 e. The molecule has 1 aliphatic rings. The van der Waals surface area contributed by atoms with Crippen LogP contribution < -0.4 is 5.32 Å². The fourth-order valence-corrected chi connectivity index (χ4v) is 1.55. The van der Waals surface area contributed by atoms with Crippen molar-refractivity contribution in [1.82, 2.24) is 10.2 Å². The van der Waals surface area contributed by atoms with E-state index in [1.165, 1.54) is 7.05 Å². The molecular weight excluding hydrogens is 196 g/mol. The van der Waals surface area contributed by atoms with Gasteiger partial charge in [0, 0.05) is 19.2 Å². The third-order valence-electron chi connectivity index (χ3n) is 2.51. The minimum Gasteiger partial charge on any atom is -0.472 e. The topological polar surface area (TPSA) is 62.6 Å². The Kier molecular flexibility index (Phi) is 2.55. The van der Waals surface area contributed by atoms with Crippen LogP contribution in [0.15, 0.2) is 23.0 Å². The van der Waals surface area contributed by atoms with Crippen molar-refractivity contribution in [1.29, 1.82) is 0 Å². The van der Waals surface area contributed by atoms with E-state index in [9.17, 15) is 9.59 Å². The molecule has 5 nitrogen and oxygen atoms in total. The number of rotatable bonds is 3.